The van der Waals surface area contributed by atoms with Crippen molar-refractivity contribution in [2.75, 3.05) is 6.61 Å². The Hall–Kier alpha value is -1.88. The topological polar surface area (TPSA) is 60.2 Å². The van der Waals surface area contributed by atoms with Crippen LogP contribution >= 0.6 is 0 Å². The molecule has 0 aliphatic rings. The van der Waals surface area contributed by atoms with Crippen molar-refractivity contribution < 1.29 is 9.84 Å². The van der Waals surface area contributed by atoms with E-state index in [1.54, 1.807) is 17.9 Å². The minimum absolute atomic E-state index is 0.563. The summed E-state index contributed by atoms with van der Waals surface area (Å²) in [6.45, 7) is 2.47. The average molecular weight is 233 g/mol. The number of aryl methyl sites for hydroxylation is 1. The summed E-state index contributed by atoms with van der Waals surface area (Å²) in [5.74, 6) is 0.684. The molecule has 2 aromatic rings. The summed E-state index contributed by atoms with van der Waals surface area (Å²) in [5, 5.41) is 17.8. The van der Waals surface area contributed by atoms with Crippen LogP contribution in [0.3, 0.4) is 0 Å². The molecule has 1 aromatic carbocycles. The molecule has 1 heterocycles. The molecule has 5 nitrogen and oxygen atoms in total. The second kappa shape index (κ2) is 4.97. The number of nitrogens with zero attached hydrogens (tertiary/aromatic N) is 3. The summed E-state index contributed by atoms with van der Waals surface area (Å²) in [6.07, 6.45) is 0.769. The number of aliphatic hydroxyl groups excluding tert-OH is 1. The molecule has 1 unspecified atom stereocenters. The highest BCUT2D eigenvalue weighted by atomic mass is 16.5. The normalized spacial score (nSPS) is 12.4. The van der Waals surface area contributed by atoms with E-state index in [1.807, 2.05) is 31.2 Å². The van der Waals surface area contributed by atoms with Crippen molar-refractivity contribution in [1.29, 1.82) is 0 Å². The molecule has 1 aromatic heterocycles. The van der Waals surface area contributed by atoms with E-state index >= 15 is 0 Å². The summed E-state index contributed by atoms with van der Waals surface area (Å²) in [4.78, 5) is 0. The Morgan fingerprint density at radius 1 is 1.41 bits per heavy atom. The summed E-state index contributed by atoms with van der Waals surface area (Å²) >= 11 is 0. The smallest absolute Gasteiger partial charge is 0.126 e. The fraction of sp³-hybridized carbons (Fsp3) is 0.333. The van der Waals surface area contributed by atoms with E-state index in [9.17, 15) is 5.11 Å². The van der Waals surface area contributed by atoms with Gasteiger partial charge in [-0.05, 0) is 13.0 Å². The number of ether oxygens (including phenoxy) is 1. The molecule has 0 amide bonds. The maximum atomic E-state index is 10.3. The Balaban J connectivity index is 2.37. The lowest BCUT2D eigenvalue weighted by Gasteiger charge is -2.15. The number of para-hydroxylation sites is 1. The second-order valence-corrected chi connectivity index (χ2v) is 3.66. The van der Waals surface area contributed by atoms with E-state index in [2.05, 4.69) is 10.3 Å². The van der Waals surface area contributed by atoms with Crippen LogP contribution in [0.15, 0.2) is 30.5 Å². The molecule has 90 valence electrons. The fourth-order valence-electron chi connectivity index (χ4n) is 1.70. The summed E-state index contributed by atoms with van der Waals surface area (Å²) in [5.41, 5.74) is 1.36. The molecule has 1 N–H and O–H groups in total. The van der Waals surface area contributed by atoms with Crippen molar-refractivity contribution in [1.82, 2.24) is 15.0 Å². The van der Waals surface area contributed by atoms with Gasteiger partial charge in [0, 0.05) is 12.6 Å². The molecule has 0 bridgehead atoms. The summed E-state index contributed by atoms with van der Waals surface area (Å²) < 4.78 is 7.03. The first-order valence-corrected chi connectivity index (χ1v) is 5.48. The number of aliphatic hydroxyl groups is 1. The van der Waals surface area contributed by atoms with Gasteiger partial charge in [-0.3, -0.25) is 0 Å². The highest BCUT2D eigenvalue weighted by Gasteiger charge is 2.18. The van der Waals surface area contributed by atoms with Gasteiger partial charge in [0.2, 0.25) is 0 Å². The number of benzene rings is 1. The minimum Gasteiger partial charge on any atom is -0.493 e. The van der Waals surface area contributed by atoms with Gasteiger partial charge in [-0.15, -0.1) is 5.10 Å². The number of rotatable bonds is 4. The quantitative estimate of drug-likeness (QED) is 0.864. The Bertz CT molecular complexity index is 496. The SMILES string of the molecule is CCOc1ccccc1C(O)c1cnnn1C. The maximum absolute atomic E-state index is 10.3. The predicted octanol–water partition coefficient (Wildman–Crippen LogP) is 1.30. The van der Waals surface area contributed by atoms with Gasteiger partial charge in [-0.2, -0.15) is 0 Å². The highest BCUT2D eigenvalue weighted by Crippen LogP contribution is 2.29. The predicted molar refractivity (Wildman–Crippen MR) is 62.7 cm³/mol. The zero-order valence-electron chi connectivity index (χ0n) is 9.87. The van der Waals surface area contributed by atoms with Crippen LogP contribution in [-0.2, 0) is 7.05 Å². The summed E-state index contributed by atoms with van der Waals surface area (Å²) in [6, 6.07) is 7.42. The lowest BCUT2D eigenvalue weighted by Crippen LogP contribution is -2.08. The van der Waals surface area contributed by atoms with Crippen LogP contribution in [0.2, 0.25) is 0 Å². The number of hydrogen-bond acceptors (Lipinski definition) is 4. The van der Waals surface area contributed by atoms with E-state index < -0.39 is 6.10 Å². The van der Waals surface area contributed by atoms with Gasteiger partial charge in [0.15, 0.2) is 0 Å². The van der Waals surface area contributed by atoms with E-state index in [1.165, 1.54) is 0 Å². The van der Waals surface area contributed by atoms with Crippen molar-refractivity contribution in [3.63, 3.8) is 0 Å². The van der Waals surface area contributed by atoms with Crippen LogP contribution in [0.1, 0.15) is 24.3 Å². The first-order chi connectivity index (χ1) is 8.24. The van der Waals surface area contributed by atoms with Crippen LogP contribution in [0.25, 0.3) is 0 Å². The Morgan fingerprint density at radius 3 is 2.82 bits per heavy atom. The number of aromatic nitrogens is 3. The molecule has 0 radical (unpaired) electrons. The molecule has 17 heavy (non-hydrogen) atoms. The van der Waals surface area contributed by atoms with Gasteiger partial charge in [-0.25, -0.2) is 4.68 Å². The van der Waals surface area contributed by atoms with Crippen molar-refractivity contribution in [2.45, 2.75) is 13.0 Å². The zero-order valence-corrected chi connectivity index (χ0v) is 9.87. The van der Waals surface area contributed by atoms with E-state index in [0.29, 0.717) is 18.1 Å². The molecule has 5 heteroatoms. The minimum atomic E-state index is -0.780. The van der Waals surface area contributed by atoms with E-state index in [-0.39, 0.29) is 0 Å². The van der Waals surface area contributed by atoms with Gasteiger partial charge in [0.05, 0.1) is 18.5 Å². The lowest BCUT2D eigenvalue weighted by molar-refractivity contribution is 0.202. The molecular formula is C12H15N3O2. The van der Waals surface area contributed by atoms with Crippen molar-refractivity contribution in [3.8, 4) is 5.75 Å². The second-order valence-electron chi connectivity index (χ2n) is 3.66. The molecule has 2 rings (SSSR count). The van der Waals surface area contributed by atoms with E-state index in [4.69, 9.17) is 4.74 Å². The van der Waals surface area contributed by atoms with Crippen molar-refractivity contribution in [2.24, 2.45) is 7.05 Å². The summed E-state index contributed by atoms with van der Waals surface area (Å²) in [7, 11) is 1.74. The molecule has 1 atom stereocenters. The third-order valence-corrected chi connectivity index (χ3v) is 2.54. The molecule has 0 aliphatic heterocycles. The number of hydrogen-bond donors (Lipinski definition) is 1. The van der Waals surface area contributed by atoms with E-state index in [0.717, 1.165) is 5.56 Å². The monoisotopic (exact) mass is 233 g/mol. The average Bonchev–Trinajstić information content (AvgIpc) is 2.76. The molecule has 0 aliphatic carbocycles. The molecular weight excluding hydrogens is 218 g/mol. The standard InChI is InChI=1S/C12H15N3O2/c1-3-17-11-7-5-4-6-9(11)12(16)10-8-13-14-15(10)2/h4-8,12,16H,3H2,1-2H3. The van der Waals surface area contributed by atoms with Gasteiger partial charge in [0.25, 0.3) is 0 Å². The van der Waals surface area contributed by atoms with Gasteiger partial charge in [0.1, 0.15) is 11.9 Å². The lowest BCUT2D eigenvalue weighted by atomic mass is 10.1. The molecule has 0 saturated carbocycles. The molecule has 0 saturated heterocycles. The largest absolute Gasteiger partial charge is 0.493 e. The highest BCUT2D eigenvalue weighted by molar-refractivity contribution is 5.38. The van der Waals surface area contributed by atoms with Crippen molar-refractivity contribution in [3.05, 3.63) is 41.7 Å². The van der Waals surface area contributed by atoms with Gasteiger partial charge >= 0.3 is 0 Å². The maximum Gasteiger partial charge on any atom is 0.126 e. The third-order valence-electron chi connectivity index (χ3n) is 2.54. The Kier molecular flexibility index (Phi) is 3.39. The first-order valence-electron chi connectivity index (χ1n) is 5.48. The van der Waals surface area contributed by atoms with Crippen molar-refractivity contribution >= 4 is 0 Å². The van der Waals surface area contributed by atoms with Crippen LogP contribution in [0, 0.1) is 0 Å². The molecule has 0 fully saturated rings. The van der Waals surface area contributed by atoms with Gasteiger partial charge < -0.3 is 9.84 Å². The van der Waals surface area contributed by atoms with Crippen LogP contribution in [0.4, 0.5) is 0 Å². The van der Waals surface area contributed by atoms with Crippen LogP contribution in [-0.4, -0.2) is 26.7 Å². The Morgan fingerprint density at radius 2 is 2.18 bits per heavy atom. The molecule has 0 spiro atoms. The Labute approximate surface area is 99.7 Å². The third kappa shape index (κ3) is 2.29. The zero-order chi connectivity index (χ0) is 12.3. The van der Waals surface area contributed by atoms with Crippen LogP contribution < -0.4 is 4.74 Å². The van der Waals surface area contributed by atoms with Gasteiger partial charge in [-0.1, -0.05) is 23.4 Å². The fourth-order valence-corrected chi connectivity index (χ4v) is 1.70. The first kappa shape index (κ1) is 11.6. The van der Waals surface area contributed by atoms with Crippen LogP contribution in [0.5, 0.6) is 5.75 Å².